The van der Waals surface area contributed by atoms with Gasteiger partial charge in [0.15, 0.2) is 5.96 Å². The van der Waals surface area contributed by atoms with Crippen molar-refractivity contribution in [2.45, 2.75) is 19.4 Å². The molecule has 1 aromatic rings. The molecule has 1 aliphatic rings. The minimum Gasteiger partial charge on any atom is -0.383 e. The fraction of sp³-hybridized carbons (Fsp3) is 0.632. The smallest absolute Gasteiger partial charge is 0.193 e. The van der Waals surface area contributed by atoms with Gasteiger partial charge in [0.2, 0.25) is 0 Å². The van der Waals surface area contributed by atoms with Crippen LogP contribution in [0.5, 0.6) is 0 Å². The largest absolute Gasteiger partial charge is 0.383 e. The van der Waals surface area contributed by atoms with E-state index in [9.17, 15) is 0 Å². The van der Waals surface area contributed by atoms with Crippen molar-refractivity contribution in [1.82, 2.24) is 15.1 Å². The Morgan fingerprint density at radius 3 is 2.56 bits per heavy atom. The van der Waals surface area contributed by atoms with Crippen LogP contribution in [0.15, 0.2) is 35.3 Å². The molecule has 142 valence electrons. The van der Waals surface area contributed by atoms with Gasteiger partial charge < -0.3 is 19.9 Å². The quantitative estimate of drug-likeness (QED) is 0.386. The monoisotopic (exact) mass is 460 g/mol. The topological polar surface area (TPSA) is 40.1 Å². The lowest BCUT2D eigenvalue weighted by atomic mass is 9.97. The predicted molar refractivity (Wildman–Crippen MR) is 116 cm³/mol. The van der Waals surface area contributed by atoms with Gasteiger partial charge in [0.1, 0.15) is 0 Å². The molecule has 1 heterocycles. The molecule has 1 aromatic carbocycles. The van der Waals surface area contributed by atoms with Crippen LogP contribution >= 0.6 is 24.0 Å². The minimum atomic E-state index is 0. The summed E-state index contributed by atoms with van der Waals surface area (Å²) in [5.41, 5.74) is 1.30. The molecule has 1 fully saturated rings. The van der Waals surface area contributed by atoms with E-state index in [1.165, 1.54) is 31.5 Å². The molecule has 2 rings (SSSR count). The van der Waals surface area contributed by atoms with E-state index >= 15 is 0 Å². The number of nitrogens with zero attached hydrogens (tertiary/aromatic N) is 3. The van der Waals surface area contributed by atoms with E-state index < -0.39 is 0 Å². The van der Waals surface area contributed by atoms with E-state index in [-0.39, 0.29) is 24.0 Å². The first kappa shape index (κ1) is 22.2. The zero-order chi connectivity index (χ0) is 17.2. The predicted octanol–water partition coefficient (Wildman–Crippen LogP) is 2.67. The van der Waals surface area contributed by atoms with Crippen LogP contribution in [0, 0.1) is 5.92 Å². The maximum Gasteiger partial charge on any atom is 0.193 e. The minimum absolute atomic E-state index is 0. The number of halogens is 1. The Morgan fingerprint density at radius 1 is 1.28 bits per heavy atom. The van der Waals surface area contributed by atoms with Crippen molar-refractivity contribution < 1.29 is 4.74 Å². The van der Waals surface area contributed by atoms with E-state index in [0.29, 0.717) is 0 Å². The van der Waals surface area contributed by atoms with Gasteiger partial charge in [-0.2, -0.15) is 0 Å². The molecule has 0 aromatic heterocycles. The molecule has 0 aliphatic carbocycles. The van der Waals surface area contributed by atoms with Crippen LogP contribution in [0.3, 0.4) is 0 Å². The molecule has 25 heavy (non-hydrogen) atoms. The summed E-state index contributed by atoms with van der Waals surface area (Å²) in [4.78, 5) is 9.11. The number of rotatable bonds is 7. The molecule has 1 saturated heterocycles. The van der Waals surface area contributed by atoms with Gasteiger partial charge >= 0.3 is 0 Å². The lowest BCUT2D eigenvalue weighted by molar-refractivity contribution is 0.120. The van der Waals surface area contributed by atoms with Crippen LogP contribution in [-0.2, 0) is 11.3 Å². The molecule has 0 bridgehead atoms. The number of hydrogen-bond donors (Lipinski definition) is 1. The lowest BCUT2D eigenvalue weighted by Gasteiger charge is -2.32. The summed E-state index contributed by atoms with van der Waals surface area (Å²) in [6.45, 7) is 6.11. The highest BCUT2D eigenvalue weighted by molar-refractivity contribution is 14.0. The van der Waals surface area contributed by atoms with Crippen LogP contribution in [0.1, 0.15) is 18.4 Å². The number of likely N-dealkylation sites (tertiary alicyclic amines) is 1. The molecule has 1 aliphatic heterocycles. The maximum absolute atomic E-state index is 5.16. The molecule has 1 N–H and O–H groups in total. The molecule has 0 spiro atoms. The summed E-state index contributed by atoms with van der Waals surface area (Å²) < 4.78 is 5.16. The lowest BCUT2D eigenvalue weighted by Crippen LogP contribution is -2.43. The van der Waals surface area contributed by atoms with Crippen LogP contribution < -0.4 is 5.32 Å². The highest BCUT2D eigenvalue weighted by atomic mass is 127. The van der Waals surface area contributed by atoms with Gasteiger partial charge in [-0.05, 0) is 37.4 Å². The highest BCUT2D eigenvalue weighted by Crippen LogP contribution is 2.16. The second-order valence-corrected chi connectivity index (χ2v) is 6.55. The SMILES string of the molecule is CN=C(NCC1CCN(CCOC)CC1)N(C)Cc1ccccc1.I. The first-order valence-corrected chi connectivity index (χ1v) is 8.90. The first-order valence-electron chi connectivity index (χ1n) is 8.90. The Kier molecular flexibility index (Phi) is 11.1. The summed E-state index contributed by atoms with van der Waals surface area (Å²) in [5.74, 6) is 1.70. The van der Waals surface area contributed by atoms with Crippen molar-refractivity contribution in [3.8, 4) is 0 Å². The number of nitrogens with one attached hydrogen (secondary N) is 1. The zero-order valence-electron chi connectivity index (χ0n) is 15.8. The van der Waals surface area contributed by atoms with Crippen LogP contribution in [-0.4, -0.2) is 69.8 Å². The molecule has 5 nitrogen and oxygen atoms in total. The van der Waals surface area contributed by atoms with Crippen molar-refractivity contribution in [2.24, 2.45) is 10.9 Å². The summed E-state index contributed by atoms with van der Waals surface area (Å²) in [5, 5.41) is 3.55. The van der Waals surface area contributed by atoms with Gasteiger partial charge in [0.25, 0.3) is 0 Å². The number of benzene rings is 1. The average Bonchev–Trinajstić information content (AvgIpc) is 2.62. The van der Waals surface area contributed by atoms with Crippen molar-refractivity contribution in [1.29, 1.82) is 0 Å². The van der Waals surface area contributed by atoms with Gasteiger partial charge in [-0.25, -0.2) is 0 Å². The van der Waals surface area contributed by atoms with Gasteiger partial charge in [0, 0.05) is 40.8 Å². The summed E-state index contributed by atoms with van der Waals surface area (Å²) in [6, 6.07) is 10.5. The first-order chi connectivity index (χ1) is 11.7. The number of guanidine groups is 1. The van der Waals surface area contributed by atoms with Crippen molar-refractivity contribution in [3.63, 3.8) is 0 Å². The van der Waals surface area contributed by atoms with E-state index in [4.69, 9.17) is 4.74 Å². The summed E-state index contributed by atoms with van der Waals surface area (Å²) in [7, 11) is 5.72. The normalized spacial score (nSPS) is 16.4. The average molecular weight is 460 g/mol. The summed E-state index contributed by atoms with van der Waals surface area (Å²) >= 11 is 0. The second kappa shape index (κ2) is 12.5. The Labute approximate surface area is 169 Å². The van der Waals surface area contributed by atoms with E-state index in [0.717, 1.165) is 38.1 Å². The van der Waals surface area contributed by atoms with Crippen molar-refractivity contribution in [3.05, 3.63) is 35.9 Å². The van der Waals surface area contributed by atoms with Gasteiger partial charge in [-0.15, -0.1) is 24.0 Å². The highest BCUT2D eigenvalue weighted by Gasteiger charge is 2.19. The molecular formula is C19H33IN4O. The molecule has 0 amide bonds. The standard InChI is InChI=1S/C19H32N4O.HI/c1-20-19(22(2)16-18-7-5-4-6-8-18)21-15-17-9-11-23(12-10-17)13-14-24-3;/h4-8,17H,9-16H2,1-3H3,(H,20,21);1H. The number of methoxy groups -OCH3 is 1. The van der Waals surface area contributed by atoms with Crippen LogP contribution in [0.2, 0.25) is 0 Å². The molecular weight excluding hydrogens is 427 g/mol. The number of ether oxygens (including phenoxy) is 1. The summed E-state index contributed by atoms with van der Waals surface area (Å²) in [6.07, 6.45) is 2.49. The Bertz CT molecular complexity index is 489. The molecule has 0 radical (unpaired) electrons. The maximum atomic E-state index is 5.16. The number of aliphatic imine (C=N–C) groups is 1. The fourth-order valence-electron chi connectivity index (χ4n) is 3.19. The Hall–Kier alpha value is -0.860. The molecule has 0 atom stereocenters. The van der Waals surface area contributed by atoms with Crippen LogP contribution in [0.4, 0.5) is 0 Å². The molecule has 0 unspecified atom stereocenters. The van der Waals surface area contributed by atoms with Crippen LogP contribution in [0.25, 0.3) is 0 Å². The third-order valence-corrected chi connectivity index (χ3v) is 4.70. The van der Waals surface area contributed by atoms with Gasteiger partial charge in [-0.3, -0.25) is 4.99 Å². The zero-order valence-corrected chi connectivity index (χ0v) is 18.1. The van der Waals surface area contributed by atoms with E-state index in [1.807, 2.05) is 7.05 Å². The van der Waals surface area contributed by atoms with Crippen molar-refractivity contribution >= 4 is 29.9 Å². The van der Waals surface area contributed by atoms with E-state index in [2.05, 4.69) is 57.5 Å². The second-order valence-electron chi connectivity index (χ2n) is 6.55. The van der Waals surface area contributed by atoms with Gasteiger partial charge in [0.05, 0.1) is 6.61 Å². The molecule has 6 heteroatoms. The van der Waals surface area contributed by atoms with Crippen molar-refractivity contribution in [2.75, 3.05) is 54.0 Å². The Morgan fingerprint density at radius 2 is 1.96 bits per heavy atom. The number of piperidine rings is 1. The fourth-order valence-corrected chi connectivity index (χ4v) is 3.19. The third kappa shape index (κ3) is 7.92. The van der Waals surface area contributed by atoms with E-state index in [1.54, 1.807) is 7.11 Å². The molecule has 0 saturated carbocycles. The Balaban J connectivity index is 0.00000312. The number of hydrogen-bond acceptors (Lipinski definition) is 3. The third-order valence-electron chi connectivity index (χ3n) is 4.70. The van der Waals surface area contributed by atoms with Gasteiger partial charge in [-0.1, -0.05) is 30.3 Å².